The first-order valence-corrected chi connectivity index (χ1v) is 15.1. The molecule has 1 aliphatic rings. The van der Waals surface area contributed by atoms with Crippen LogP contribution in [0.25, 0.3) is 11.1 Å². The molecule has 0 fully saturated rings. The number of halogens is 1. The minimum atomic E-state index is -0.966. The van der Waals surface area contributed by atoms with E-state index in [9.17, 15) is 4.39 Å². The fourth-order valence-electron chi connectivity index (χ4n) is 5.39. The van der Waals surface area contributed by atoms with Gasteiger partial charge in [0, 0.05) is 13.2 Å². The van der Waals surface area contributed by atoms with Gasteiger partial charge in [0.1, 0.15) is 5.82 Å². The molecule has 0 aliphatic heterocycles. The van der Waals surface area contributed by atoms with Gasteiger partial charge < -0.3 is 8.85 Å². The van der Waals surface area contributed by atoms with Crippen molar-refractivity contribution in [3.63, 3.8) is 0 Å². The van der Waals surface area contributed by atoms with E-state index in [4.69, 9.17) is 8.85 Å². The first kappa shape index (κ1) is 24.8. The molecule has 5 heteroatoms. The Balaban J connectivity index is 1.49. The molecule has 0 radical (unpaired) electrons. The number of hydrogen-bond donors (Lipinski definition) is 0. The van der Waals surface area contributed by atoms with Crippen LogP contribution in [0, 0.1) is 33.5 Å². The number of fused-ring (bicyclic) bond motifs is 3. The predicted octanol–water partition coefficient (Wildman–Crippen LogP) is 4.18. The summed E-state index contributed by atoms with van der Waals surface area (Å²) in [5.41, 5.74) is 9.08. The Morgan fingerprint density at radius 2 is 1.19 bits per heavy atom. The highest BCUT2D eigenvalue weighted by molar-refractivity contribution is 6.48. The third-order valence-electron chi connectivity index (χ3n) is 7.88. The lowest BCUT2D eigenvalue weighted by Crippen LogP contribution is -2.40. The van der Waals surface area contributed by atoms with Crippen LogP contribution in [0.1, 0.15) is 33.4 Å². The van der Waals surface area contributed by atoms with Gasteiger partial charge >= 0.3 is 0 Å². The van der Waals surface area contributed by atoms with Crippen LogP contribution in [0.5, 0.6) is 0 Å². The summed E-state index contributed by atoms with van der Waals surface area (Å²) in [7, 11) is -1.93. The molecule has 5 rings (SSSR count). The Labute approximate surface area is 218 Å². The van der Waals surface area contributed by atoms with E-state index in [1.165, 1.54) is 38.2 Å². The van der Waals surface area contributed by atoms with E-state index in [0.717, 1.165) is 16.7 Å². The second kappa shape index (κ2) is 10.3. The molecule has 0 atom stereocenters. The zero-order valence-electron chi connectivity index (χ0n) is 21.5. The molecular formula is C31H33FO2Si2. The SMILES string of the molecule is Cc1cccc([SiH2]OCC2(CO[SiH2]c3cccc(C)c3C)c3ccccc3-c3ccc(F)cc32)c1C. The molecule has 0 amide bonds. The molecule has 36 heavy (non-hydrogen) atoms. The van der Waals surface area contributed by atoms with Gasteiger partial charge in [0.15, 0.2) is 19.5 Å². The fourth-order valence-corrected chi connectivity index (χ4v) is 8.18. The third-order valence-corrected chi connectivity index (χ3v) is 10.8. The van der Waals surface area contributed by atoms with Crippen molar-refractivity contribution in [3.8, 4) is 11.1 Å². The molecule has 4 aromatic rings. The molecule has 0 heterocycles. The number of hydrogen-bond acceptors (Lipinski definition) is 2. The Morgan fingerprint density at radius 3 is 1.81 bits per heavy atom. The van der Waals surface area contributed by atoms with Gasteiger partial charge in [-0.05, 0) is 94.7 Å². The topological polar surface area (TPSA) is 18.5 Å². The van der Waals surface area contributed by atoms with Gasteiger partial charge in [-0.2, -0.15) is 0 Å². The smallest absolute Gasteiger partial charge is 0.192 e. The summed E-state index contributed by atoms with van der Waals surface area (Å²) >= 11 is 0. The normalized spacial score (nSPS) is 16.8. The van der Waals surface area contributed by atoms with E-state index in [1.54, 1.807) is 12.1 Å². The lowest BCUT2D eigenvalue weighted by atomic mass is 9.80. The van der Waals surface area contributed by atoms with E-state index >= 15 is 0 Å². The summed E-state index contributed by atoms with van der Waals surface area (Å²) in [4.78, 5) is 0. The molecule has 1 aliphatic carbocycles. The van der Waals surface area contributed by atoms with Crippen molar-refractivity contribution in [2.45, 2.75) is 33.1 Å². The highest BCUT2D eigenvalue weighted by Crippen LogP contribution is 2.49. The molecule has 0 saturated heterocycles. The molecule has 2 nitrogen and oxygen atoms in total. The molecule has 184 valence electrons. The van der Waals surface area contributed by atoms with Crippen LogP contribution in [0.15, 0.2) is 78.9 Å². The first-order chi connectivity index (χ1) is 17.4. The maximum Gasteiger partial charge on any atom is 0.192 e. The Kier molecular flexibility index (Phi) is 7.08. The average molecular weight is 513 g/mol. The van der Waals surface area contributed by atoms with Gasteiger partial charge in [-0.3, -0.25) is 0 Å². The van der Waals surface area contributed by atoms with Crippen LogP contribution in [-0.2, 0) is 14.3 Å². The second-order valence-corrected chi connectivity index (χ2v) is 12.9. The van der Waals surface area contributed by atoms with E-state index < -0.39 is 24.9 Å². The summed E-state index contributed by atoms with van der Waals surface area (Å²) in [6.45, 7) is 9.61. The van der Waals surface area contributed by atoms with Gasteiger partial charge in [-0.25, -0.2) is 4.39 Å². The average Bonchev–Trinajstić information content (AvgIpc) is 3.14. The van der Waals surface area contributed by atoms with Crippen LogP contribution in [0.3, 0.4) is 0 Å². The van der Waals surface area contributed by atoms with Crippen LogP contribution in [-0.4, -0.2) is 32.7 Å². The standard InChI is InChI=1S/C31H33FO2Si2/c1-20-9-7-13-29(22(20)3)35-33-18-31(19-34-36-30-14-8-10-21(2)23(30)4)27-12-6-5-11-25(27)26-16-15-24(32)17-28(26)31/h5-17H,18-19,35-36H2,1-4H3. The van der Waals surface area contributed by atoms with E-state index in [2.05, 4.69) is 88.4 Å². The highest BCUT2D eigenvalue weighted by Gasteiger charge is 2.44. The first-order valence-electron chi connectivity index (χ1n) is 12.6. The third kappa shape index (κ3) is 4.52. The van der Waals surface area contributed by atoms with Crippen molar-refractivity contribution in [1.29, 1.82) is 0 Å². The van der Waals surface area contributed by atoms with Gasteiger partial charge in [0.2, 0.25) is 0 Å². The van der Waals surface area contributed by atoms with Crippen LogP contribution in [0.4, 0.5) is 4.39 Å². The van der Waals surface area contributed by atoms with Crippen molar-refractivity contribution in [1.82, 2.24) is 0 Å². The van der Waals surface area contributed by atoms with Gasteiger partial charge in [-0.15, -0.1) is 0 Å². The van der Waals surface area contributed by atoms with Crippen molar-refractivity contribution in [2.75, 3.05) is 13.2 Å². The van der Waals surface area contributed by atoms with Crippen molar-refractivity contribution in [3.05, 3.63) is 118 Å². The molecular weight excluding hydrogens is 480 g/mol. The monoisotopic (exact) mass is 512 g/mol. The van der Waals surface area contributed by atoms with E-state index in [-0.39, 0.29) is 5.82 Å². The van der Waals surface area contributed by atoms with Crippen LogP contribution in [0.2, 0.25) is 0 Å². The van der Waals surface area contributed by atoms with Crippen molar-refractivity contribution < 1.29 is 13.2 Å². The zero-order valence-corrected chi connectivity index (χ0v) is 24.4. The van der Waals surface area contributed by atoms with Gasteiger partial charge in [-0.1, -0.05) is 66.7 Å². The molecule has 0 N–H and O–H groups in total. The summed E-state index contributed by atoms with van der Waals surface area (Å²) in [6.07, 6.45) is 0. The largest absolute Gasteiger partial charge is 0.417 e. The van der Waals surface area contributed by atoms with Crippen LogP contribution >= 0.6 is 0 Å². The molecule has 0 spiro atoms. The lowest BCUT2D eigenvalue weighted by Gasteiger charge is -2.32. The minimum Gasteiger partial charge on any atom is -0.417 e. The van der Waals surface area contributed by atoms with Gasteiger partial charge in [0.25, 0.3) is 0 Å². The molecule has 4 aromatic carbocycles. The lowest BCUT2D eigenvalue weighted by molar-refractivity contribution is 0.184. The minimum absolute atomic E-state index is 0.218. The number of aryl methyl sites for hydroxylation is 2. The van der Waals surface area contributed by atoms with Crippen LogP contribution < -0.4 is 10.4 Å². The Morgan fingerprint density at radius 1 is 0.639 bits per heavy atom. The molecule has 0 bridgehead atoms. The maximum absolute atomic E-state index is 14.6. The Bertz CT molecular complexity index is 1360. The van der Waals surface area contributed by atoms with E-state index in [0.29, 0.717) is 13.2 Å². The second-order valence-electron chi connectivity index (χ2n) is 10.0. The quantitative estimate of drug-likeness (QED) is 0.330. The summed E-state index contributed by atoms with van der Waals surface area (Å²) in [6, 6.07) is 26.5. The summed E-state index contributed by atoms with van der Waals surface area (Å²) in [5, 5.41) is 2.64. The fraction of sp³-hybridized carbons (Fsp3) is 0.226. The van der Waals surface area contributed by atoms with Crippen molar-refractivity contribution in [2.24, 2.45) is 0 Å². The van der Waals surface area contributed by atoms with Gasteiger partial charge in [0.05, 0.1) is 5.41 Å². The molecule has 0 aromatic heterocycles. The molecule has 0 unspecified atom stereocenters. The number of benzene rings is 4. The summed E-state index contributed by atoms with van der Waals surface area (Å²) in [5.74, 6) is -0.218. The predicted molar refractivity (Wildman–Crippen MR) is 153 cm³/mol. The van der Waals surface area contributed by atoms with E-state index in [1.807, 2.05) is 6.07 Å². The zero-order chi connectivity index (χ0) is 25.3. The maximum atomic E-state index is 14.6. The highest BCUT2D eigenvalue weighted by atomic mass is 28.2. The summed E-state index contributed by atoms with van der Waals surface area (Å²) < 4.78 is 27.8. The number of rotatable bonds is 8. The van der Waals surface area contributed by atoms with Crippen molar-refractivity contribution >= 4 is 29.9 Å². The Hall–Kier alpha value is -2.84. The molecule has 0 saturated carbocycles.